The first kappa shape index (κ1) is 20.4. The molecule has 0 aliphatic heterocycles. The molecule has 4 fully saturated rings. The number of nitrogens with zero attached hydrogens (tertiary/aromatic N) is 1. The Kier molecular flexibility index (Phi) is 5.48. The zero-order chi connectivity index (χ0) is 20.6. The summed E-state index contributed by atoms with van der Waals surface area (Å²) in [6, 6.07) is 6.94. The average molecular weight is 414 g/mol. The number of hydrogen-bond acceptors (Lipinski definition) is 4. The maximum absolute atomic E-state index is 13.2. The lowest BCUT2D eigenvalue weighted by Gasteiger charge is -2.54. The molecule has 1 aromatic rings. The third-order valence-corrected chi connectivity index (χ3v) is 8.58. The maximum atomic E-state index is 13.2. The Balaban J connectivity index is 1.56. The van der Waals surface area contributed by atoms with E-state index in [2.05, 4.69) is 10.9 Å². The van der Waals surface area contributed by atoms with Crippen molar-refractivity contribution in [3.63, 3.8) is 0 Å². The minimum absolute atomic E-state index is 0.177. The van der Waals surface area contributed by atoms with E-state index in [-0.39, 0.29) is 5.60 Å². The predicted molar refractivity (Wildman–Crippen MR) is 116 cm³/mol. The molecule has 1 aromatic carbocycles. The predicted octanol–water partition coefficient (Wildman–Crippen LogP) is 5.23. The van der Waals surface area contributed by atoms with Crippen LogP contribution >= 0.6 is 0 Å². The summed E-state index contributed by atoms with van der Waals surface area (Å²) < 4.78 is 26.4. The van der Waals surface area contributed by atoms with E-state index in [4.69, 9.17) is 4.84 Å². The highest BCUT2D eigenvalue weighted by Gasteiger charge is 2.53. The van der Waals surface area contributed by atoms with Gasteiger partial charge in [0.2, 0.25) is 0 Å². The molecule has 29 heavy (non-hydrogen) atoms. The van der Waals surface area contributed by atoms with Crippen LogP contribution in [0.3, 0.4) is 0 Å². The van der Waals surface area contributed by atoms with Crippen LogP contribution in [0.2, 0.25) is 0 Å². The molecule has 4 aliphatic carbocycles. The number of hydrogen-bond donors (Lipinski definition) is 0. The van der Waals surface area contributed by atoms with Crippen molar-refractivity contribution in [3.05, 3.63) is 47.2 Å². The van der Waals surface area contributed by atoms with Crippen LogP contribution in [-0.2, 0) is 14.7 Å². The largest absolute Gasteiger partial charge is 0.389 e. The van der Waals surface area contributed by atoms with Crippen LogP contribution in [0.1, 0.15) is 57.9 Å². The number of sulfone groups is 1. The number of rotatable bonds is 6. The molecule has 4 aliphatic rings. The van der Waals surface area contributed by atoms with Gasteiger partial charge in [0.15, 0.2) is 9.84 Å². The summed E-state index contributed by atoms with van der Waals surface area (Å²) in [4.78, 5) is 6.37. The summed E-state index contributed by atoms with van der Waals surface area (Å²) >= 11 is 0. The smallest absolute Gasteiger partial charge is 0.190 e. The lowest BCUT2D eigenvalue weighted by atomic mass is 9.54. The van der Waals surface area contributed by atoms with Crippen LogP contribution in [0, 0.1) is 24.7 Å². The zero-order valence-electron chi connectivity index (χ0n) is 17.6. The Labute approximate surface area is 174 Å². The second-order valence-corrected chi connectivity index (χ2v) is 11.7. The second-order valence-electron chi connectivity index (χ2n) is 9.58. The van der Waals surface area contributed by atoms with Crippen molar-refractivity contribution in [2.24, 2.45) is 22.9 Å². The summed E-state index contributed by atoms with van der Waals surface area (Å²) in [7, 11) is -3.60. The fourth-order valence-electron chi connectivity index (χ4n) is 5.69. The Bertz CT molecular complexity index is 913. The van der Waals surface area contributed by atoms with E-state index in [1.807, 2.05) is 32.9 Å². The fourth-order valence-corrected chi connectivity index (χ4v) is 6.98. The highest BCUT2D eigenvalue weighted by atomic mass is 32.2. The van der Waals surface area contributed by atoms with Crippen molar-refractivity contribution < 1.29 is 13.3 Å². The minimum atomic E-state index is -3.60. The van der Waals surface area contributed by atoms with Gasteiger partial charge in [0.1, 0.15) is 10.9 Å². The van der Waals surface area contributed by atoms with Crippen LogP contribution in [-0.4, -0.2) is 25.5 Å². The molecule has 4 bridgehead atoms. The van der Waals surface area contributed by atoms with Gasteiger partial charge in [0, 0.05) is 0 Å². The van der Waals surface area contributed by atoms with Gasteiger partial charge in [-0.15, -0.1) is 5.73 Å². The first-order valence-corrected chi connectivity index (χ1v) is 12.2. The monoisotopic (exact) mass is 413 g/mol. The Morgan fingerprint density at radius 3 is 2.17 bits per heavy atom. The molecule has 4 saturated carbocycles. The zero-order valence-corrected chi connectivity index (χ0v) is 18.4. The summed E-state index contributed by atoms with van der Waals surface area (Å²) in [5, 5.41) is 3.37. The van der Waals surface area contributed by atoms with Gasteiger partial charge in [-0.05, 0) is 101 Å². The van der Waals surface area contributed by atoms with E-state index in [1.54, 1.807) is 18.2 Å². The van der Waals surface area contributed by atoms with Gasteiger partial charge in [-0.2, -0.15) is 0 Å². The van der Waals surface area contributed by atoms with Crippen LogP contribution in [0.4, 0.5) is 0 Å². The molecule has 0 amide bonds. The SMILES string of the molecule is CC(C)=C=CC(/C=N/OC12CC3CC(CC(C3)C1)C2)S(=O)(=O)c1ccc(C)cc1. The molecule has 1 unspecified atom stereocenters. The molecule has 5 heteroatoms. The molecule has 0 radical (unpaired) electrons. The lowest BCUT2D eigenvalue weighted by Crippen LogP contribution is -2.51. The molecule has 4 nitrogen and oxygen atoms in total. The van der Waals surface area contributed by atoms with Gasteiger partial charge < -0.3 is 4.84 Å². The molecule has 5 rings (SSSR count). The molecule has 0 aromatic heterocycles. The molecule has 156 valence electrons. The van der Waals surface area contributed by atoms with Crippen molar-refractivity contribution in [3.8, 4) is 0 Å². The van der Waals surface area contributed by atoms with Gasteiger partial charge >= 0.3 is 0 Å². The Hall–Kier alpha value is -1.84. The summed E-state index contributed by atoms with van der Waals surface area (Å²) in [6.07, 6.45) is 10.2. The third-order valence-electron chi connectivity index (χ3n) is 6.68. The van der Waals surface area contributed by atoms with E-state index < -0.39 is 15.1 Å². The van der Waals surface area contributed by atoms with Crippen molar-refractivity contribution in [1.82, 2.24) is 0 Å². The van der Waals surface area contributed by atoms with Gasteiger partial charge in [0.25, 0.3) is 0 Å². The molecular weight excluding hydrogens is 382 g/mol. The summed E-state index contributed by atoms with van der Waals surface area (Å²) in [5.74, 6) is 2.28. The first-order valence-electron chi connectivity index (χ1n) is 10.7. The van der Waals surface area contributed by atoms with Crippen molar-refractivity contribution >= 4 is 16.1 Å². The quantitative estimate of drug-likeness (QED) is 0.364. The van der Waals surface area contributed by atoms with Gasteiger partial charge in [0.05, 0.1) is 11.1 Å². The summed E-state index contributed by atoms with van der Waals surface area (Å²) in [6.45, 7) is 5.74. The Morgan fingerprint density at radius 2 is 1.66 bits per heavy atom. The van der Waals surface area contributed by atoms with E-state index >= 15 is 0 Å². The van der Waals surface area contributed by atoms with E-state index in [9.17, 15) is 8.42 Å². The Morgan fingerprint density at radius 1 is 1.10 bits per heavy atom. The van der Waals surface area contributed by atoms with Gasteiger partial charge in [-0.25, -0.2) is 8.42 Å². The van der Waals surface area contributed by atoms with Gasteiger partial charge in [-0.3, -0.25) is 0 Å². The third kappa shape index (κ3) is 4.36. The second kappa shape index (κ2) is 7.77. The highest BCUT2D eigenvalue weighted by Crippen LogP contribution is 2.57. The first-order chi connectivity index (χ1) is 13.8. The van der Waals surface area contributed by atoms with Crippen molar-refractivity contribution in [2.45, 2.75) is 75.0 Å². The van der Waals surface area contributed by atoms with E-state index in [1.165, 1.54) is 25.5 Å². The standard InChI is InChI=1S/C24H31NO3S/c1-17(2)4-7-23(29(26,27)22-8-5-18(3)6-9-22)16-25-28-24-13-19-10-20(14-24)12-21(11-19)15-24/h5-9,16,19-21,23H,10-15H2,1-3H3/b25-16+. The normalized spacial score (nSPS) is 31.5. The molecule has 0 spiro atoms. The van der Waals surface area contributed by atoms with Crippen LogP contribution < -0.4 is 0 Å². The fraction of sp³-hybridized carbons (Fsp3) is 0.583. The van der Waals surface area contributed by atoms with Crippen LogP contribution in [0.5, 0.6) is 0 Å². The lowest BCUT2D eigenvalue weighted by molar-refractivity contribution is -0.161. The average Bonchev–Trinajstić information content (AvgIpc) is 2.63. The van der Waals surface area contributed by atoms with Crippen molar-refractivity contribution in [1.29, 1.82) is 0 Å². The van der Waals surface area contributed by atoms with Crippen LogP contribution in [0.25, 0.3) is 0 Å². The highest BCUT2D eigenvalue weighted by molar-refractivity contribution is 7.93. The molecule has 0 heterocycles. The molecule has 0 saturated heterocycles. The molecule has 1 atom stereocenters. The maximum Gasteiger partial charge on any atom is 0.190 e. The van der Waals surface area contributed by atoms with E-state index in [0.717, 1.165) is 48.2 Å². The van der Waals surface area contributed by atoms with Crippen molar-refractivity contribution in [2.75, 3.05) is 0 Å². The number of aryl methyl sites for hydroxylation is 1. The molecular formula is C24H31NO3S. The number of oxime groups is 1. The summed E-state index contributed by atoms with van der Waals surface area (Å²) in [5.41, 5.74) is 4.81. The molecule has 0 N–H and O–H groups in total. The van der Waals surface area contributed by atoms with E-state index in [0.29, 0.717) is 4.90 Å². The topological polar surface area (TPSA) is 55.7 Å². The number of benzene rings is 1. The van der Waals surface area contributed by atoms with Gasteiger partial charge in [-0.1, -0.05) is 22.9 Å². The minimum Gasteiger partial charge on any atom is -0.389 e. The van der Waals surface area contributed by atoms with Crippen LogP contribution in [0.15, 0.2) is 51.7 Å².